The van der Waals surface area contributed by atoms with E-state index >= 15 is 0 Å². The molecule has 188 valence electrons. The molecule has 1 saturated heterocycles. The van der Waals surface area contributed by atoms with Crippen LogP contribution in [0.2, 0.25) is 0 Å². The van der Waals surface area contributed by atoms with Crippen LogP contribution in [-0.4, -0.2) is 70.6 Å². The molecule has 6 N–H and O–H groups in total. The van der Waals surface area contributed by atoms with Gasteiger partial charge in [0.1, 0.15) is 18.1 Å². The Bertz CT molecular complexity index is 707. The topological polar surface area (TPSA) is 174 Å². The van der Waals surface area contributed by atoms with Crippen LogP contribution in [0.1, 0.15) is 66.2 Å². The van der Waals surface area contributed by atoms with Crippen LogP contribution >= 0.6 is 0 Å². The number of nitrogens with one attached hydrogen (secondary N) is 4. The molecular formula is C22H38N4O7. The van der Waals surface area contributed by atoms with E-state index in [1.807, 2.05) is 20.8 Å². The normalized spacial score (nSPS) is 19.2. The summed E-state index contributed by atoms with van der Waals surface area (Å²) in [5, 5.41) is 29.0. The maximum atomic E-state index is 13.1. The van der Waals surface area contributed by atoms with E-state index in [2.05, 4.69) is 21.3 Å². The molecule has 0 aliphatic carbocycles. The van der Waals surface area contributed by atoms with E-state index in [9.17, 15) is 29.1 Å². The molecule has 33 heavy (non-hydrogen) atoms. The number of carbonyl (C=O) groups is 5. The molecule has 0 aromatic carbocycles. The zero-order valence-electron chi connectivity index (χ0n) is 19.8. The maximum Gasteiger partial charge on any atom is 0.326 e. The molecule has 1 aliphatic heterocycles. The number of carboxylic acid groups (broad SMARTS) is 2. The molecule has 3 amide bonds. The number of carboxylic acids is 2. The second kappa shape index (κ2) is 13.8. The van der Waals surface area contributed by atoms with Gasteiger partial charge in [-0.1, -0.05) is 34.1 Å². The first kappa shape index (κ1) is 28.3. The molecule has 1 aliphatic rings. The molecule has 1 fully saturated rings. The van der Waals surface area contributed by atoms with Gasteiger partial charge in [0, 0.05) is 6.42 Å². The van der Waals surface area contributed by atoms with Gasteiger partial charge >= 0.3 is 11.9 Å². The van der Waals surface area contributed by atoms with Crippen molar-refractivity contribution in [2.75, 3.05) is 6.54 Å². The summed E-state index contributed by atoms with van der Waals surface area (Å²) < 4.78 is 0. The summed E-state index contributed by atoms with van der Waals surface area (Å²) in [5.41, 5.74) is 0. The van der Waals surface area contributed by atoms with Crippen molar-refractivity contribution >= 4 is 29.7 Å². The molecule has 1 rings (SSSR count). The van der Waals surface area contributed by atoms with E-state index < -0.39 is 48.3 Å². The first-order chi connectivity index (χ1) is 15.5. The third-order valence-corrected chi connectivity index (χ3v) is 5.77. The van der Waals surface area contributed by atoms with Crippen LogP contribution in [0.4, 0.5) is 0 Å². The Morgan fingerprint density at radius 3 is 2.12 bits per heavy atom. The van der Waals surface area contributed by atoms with E-state index in [1.165, 1.54) is 0 Å². The molecule has 0 radical (unpaired) electrons. The molecule has 0 aromatic heterocycles. The molecule has 11 heteroatoms. The van der Waals surface area contributed by atoms with Gasteiger partial charge in [0.25, 0.3) is 0 Å². The lowest BCUT2D eigenvalue weighted by atomic mass is 9.96. The number of rotatable bonds is 14. The van der Waals surface area contributed by atoms with Gasteiger partial charge in [-0.05, 0) is 44.1 Å². The van der Waals surface area contributed by atoms with Crippen LogP contribution < -0.4 is 21.3 Å². The van der Waals surface area contributed by atoms with Crippen LogP contribution in [-0.2, 0) is 24.0 Å². The van der Waals surface area contributed by atoms with E-state index in [0.717, 1.165) is 13.0 Å². The quantitative estimate of drug-likeness (QED) is 0.209. The Balaban J connectivity index is 2.94. The molecule has 0 bridgehead atoms. The molecule has 5 unspecified atom stereocenters. The zero-order valence-corrected chi connectivity index (χ0v) is 19.8. The van der Waals surface area contributed by atoms with Gasteiger partial charge in [-0.3, -0.25) is 19.2 Å². The van der Waals surface area contributed by atoms with E-state index in [1.54, 1.807) is 6.92 Å². The van der Waals surface area contributed by atoms with Gasteiger partial charge in [0.15, 0.2) is 0 Å². The van der Waals surface area contributed by atoms with Crippen LogP contribution in [0.3, 0.4) is 0 Å². The highest BCUT2D eigenvalue weighted by Crippen LogP contribution is 2.13. The van der Waals surface area contributed by atoms with Crippen molar-refractivity contribution in [1.82, 2.24) is 21.3 Å². The lowest BCUT2D eigenvalue weighted by Crippen LogP contribution is -2.58. The average molecular weight is 471 g/mol. The van der Waals surface area contributed by atoms with E-state index in [0.29, 0.717) is 19.3 Å². The molecule has 0 aromatic rings. The maximum absolute atomic E-state index is 13.1. The van der Waals surface area contributed by atoms with Gasteiger partial charge in [-0.2, -0.15) is 0 Å². The molecule has 1 heterocycles. The van der Waals surface area contributed by atoms with Crippen molar-refractivity contribution in [3.63, 3.8) is 0 Å². The highest BCUT2D eigenvalue weighted by molar-refractivity contribution is 5.94. The lowest BCUT2D eigenvalue weighted by Gasteiger charge is -2.28. The number of hydrogen-bond acceptors (Lipinski definition) is 6. The summed E-state index contributed by atoms with van der Waals surface area (Å²) in [4.78, 5) is 60.8. The minimum atomic E-state index is -1.39. The van der Waals surface area contributed by atoms with E-state index in [-0.39, 0.29) is 30.2 Å². The van der Waals surface area contributed by atoms with Crippen molar-refractivity contribution < 1.29 is 34.2 Å². The summed E-state index contributed by atoms with van der Waals surface area (Å²) in [6, 6.07) is -3.63. The molecule has 0 saturated carbocycles. The summed E-state index contributed by atoms with van der Waals surface area (Å²) >= 11 is 0. The van der Waals surface area contributed by atoms with Gasteiger partial charge in [0.05, 0.1) is 6.04 Å². The molecule has 0 spiro atoms. The van der Waals surface area contributed by atoms with E-state index in [4.69, 9.17) is 5.11 Å². The largest absolute Gasteiger partial charge is 0.481 e. The minimum Gasteiger partial charge on any atom is -0.481 e. The van der Waals surface area contributed by atoms with Crippen molar-refractivity contribution in [3.05, 3.63) is 0 Å². The summed E-state index contributed by atoms with van der Waals surface area (Å²) in [6.45, 7) is 8.14. The predicted molar refractivity (Wildman–Crippen MR) is 120 cm³/mol. The number of amides is 3. The fourth-order valence-corrected chi connectivity index (χ4v) is 3.63. The first-order valence-corrected chi connectivity index (χ1v) is 11.5. The molecule has 11 nitrogen and oxygen atoms in total. The van der Waals surface area contributed by atoms with Crippen molar-refractivity contribution in [1.29, 1.82) is 0 Å². The Hall–Kier alpha value is -2.69. The third-order valence-electron chi connectivity index (χ3n) is 5.77. The number of aliphatic carboxylic acids is 2. The first-order valence-electron chi connectivity index (χ1n) is 11.5. The zero-order chi connectivity index (χ0) is 25.1. The Morgan fingerprint density at radius 1 is 0.970 bits per heavy atom. The average Bonchev–Trinajstić information content (AvgIpc) is 3.27. The Morgan fingerprint density at radius 2 is 1.64 bits per heavy atom. The van der Waals surface area contributed by atoms with Crippen molar-refractivity contribution in [2.45, 2.75) is 90.4 Å². The second-order valence-corrected chi connectivity index (χ2v) is 9.04. The third kappa shape index (κ3) is 9.77. The second-order valence-electron chi connectivity index (χ2n) is 9.04. The monoisotopic (exact) mass is 470 g/mol. The van der Waals surface area contributed by atoms with Gasteiger partial charge in [-0.25, -0.2) is 4.79 Å². The Labute approximate surface area is 194 Å². The number of carbonyl (C=O) groups excluding carboxylic acids is 3. The summed E-state index contributed by atoms with van der Waals surface area (Å²) in [7, 11) is 0. The van der Waals surface area contributed by atoms with Crippen LogP contribution in [0.15, 0.2) is 0 Å². The standard InChI is InChI=1S/C22H38N4O7/c1-5-13(4)18(21(31)24-15(22(32)33)8-9-17(27)28)26-20(30)16(11-12(2)3)25-19(29)14-7-6-10-23-14/h12-16,18,23H,5-11H2,1-4H3,(H,24,31)(H,25,29)(H,26,30)(H,27,28)(H,32,33). The van der Waals surface area contributed by atoms with Crippen LogP contribution in [0.25, 0.3) is 0 Å². The summed E-state index contributed by atoms with van der Waals surface area (Å²) in [5.74, 6) is -4.25. The van der Waals surface area contributed by atoms with Crippen LogP contribution in [0, 0.1) is 11.8 Å². The van der Waals surface area contributed by atoms with Gasteiger partial charge in [-0.15, -0.1) is 0 Å². The lowest BCUT2D eigenvalue weighted by molar-refractivity contribution is -0.143. The fraction of sp³-hybridized carbons (Fsp3) is 0.773. The van der Waals surface area contributed by atoms with Crippen LogP contribution in [0.5, 0.6) is 0 Å². The highest BCUT2D eigenvalue weighted by atomic mass is 16.4. The van der Waals surface area contributed by atoms with Gasteiger partial charge in [0.2, 0.25) is 17.7 Å². The predicted octanol–water partition coefficient (Wildman–Crippen LogP) is 0.234. The Kier molecular flexibility index (Phi) is 11.8. The van der Waals surface area contributed by atoms with Gasteiger partial charge < -0.3 is 31.5 Å². The van der Waals surface area contributed by atoms with Crippen molar-refractivity contribution in [2.24, 2.45) is 11.8 Å². The fourth-order valence-electron chi connectivity index (χ4n) is 3.63. The summed E-state index contributed by atoms with van der Waals surface area (Å²) in [6.07, 6.45) is 1.76. The molecule has 5 atom stereocenters. The smallest absolute Gasteiger partial charge is 0.326 e. The number of hydrogen-bond donors (Lipinski definition) is 6. The van der Waals surface area contributed by atoms with Crippen molar-refractivity contribution in [3.8, 4) is 0 Å². The SMILES string of the molecule is CCC(C)C(NC(=O)C(CC(C)C)NC(=O)C1CCCN1)C(=O)NC(CCC(=O)O)C(=O)O. The molecular weight excluding hydrogens is 432 g/mol. The minimum absolute atomic E-state index is 0.0980. The highest BCUT2D eigenvalue weighted by Gasteiger charge is 2.33.